The number of fused-ring (bicyclic) bond motifs is 1. The van der Waals surface area contributed by atoms with Gasteiger partial charge in [0.15, 0.2) is 0 Å². The number of hydrogen-bond donors (Lipinski definition) is 1. The molecule has 0 radical (unpaired) electrons. The monoisotopic (exact) mass is 475 g/mol. The van der Waals surface area contributed by atoms with Gasteiger partial charge in [-0.15, -0.1) is 0 Å². The fourth-order valence-electron chi connectivity index (χ4n) is 3.71. The lowest BCUT2D eigenvalue weighted by Crippen LogP contribution is -2.44. The molecular formula is C27H26FN3O2S. The van der Waals surface area contributed by atoms with Crippen LogP contribution in [0.3, 0.4) is 0 Å². The number of hydrogen-bond acceptors (Lipinski definition) is 4. The molecule has 0 spiro atoms. The third kappa shape index (κ3) is 5.92. The van der Waals surface area contributed by atoms with Crippen LogP contribution in [0, 0.1) is 5.82 Å². The summed E-state index contributed by atoms with van der Waals surface area (Å²) in [5.74, 6) is -0.956. The molecule has 5 nitrogen and oxygen atoms in total. The number of benzene rings is 3. The maximum absolute atomic E-state index is 14.2. The summed E-state index contributed by atoms with van der Waals surface area (Å²) in [6.07, 6.45) is 1.54. The van der Waals surface area contributed by atoms with E-state index in [1.54, 1.807) is 24.3 Å². The normalized spacial score (nSPS) is 14.4. The molecule has 0 aromatic heterocycles. The molecule has 3 aromatic rings. The van der Waals surface area contributed by atoms with Crippen molar-refractivity contribution >= 4 is 35.3 Å². The number of nitrogens with zero attached hydrogens (tertiary/aromatic N) is 2. The Morgan fingerprint density at radius 2 is 1.74 bits per heavy atom. The smallest absolute Gasteiger partial charge is 0.265 e. The SMILES string of the molecule is CN(CCNC(=O)CN1C(=O)/C(=C/c2ccccc2F)Sc2ccccc21)Cc1ccccc1. The molecule has 2 amide bonds. The van der Waals surface area contributed by atoms with Crippen molar-refractivity contribution in [3.63, 3.8) is 0 Å². The van der Waals surface area contributed by atoms with Crippen LogP contribution in [0.1, 0.15) is 11.1 Å². The minimum Gasteiger partial charge on any atom is -0.353 e. The molecule has 1 aliphatic heterocycles. The lowest BCUT2D eigenvalue weighted by molar-refractivity contribution is -0.122. The summed E-state index contributed by atoms with van der Waals surface area (Å²) in [7, 11) is 2.00. The predicted molar refractivity (Wildman–Crippen MR) is 135 cm³/mol. The zero-order chi connectivity index (χ0) is 23.9. The van der Waals surface area contributed by atoms with Gasteiger partial charge in [0.25, 0.3) is 5.91 Å². The quantitative estimate of drug-likeness (QED) is 0.486. The van der Waals surface area contributed by atoms with Gasteiger partial charge in [0.05, 0.1) is 10.6 Å². The third-order valence-corrected chi connectivity index (χ3v) is 6.51. The van der Waals surface area contributed by atoms with E-state index in [0.29, 0.717) is 29.2 Å². The number of para-hydroxylation sites is 1. The molecule has 0 bridgehead atoms. The van der Waals surface area contributed by atoms with Gasteiger partial charge in [-0.25, -0.2) is 4.39 Å². The average molecular weight is 476 g/mol. The molecular weight excluding hydrogens is 449 g/mol. The molecule has 0 saturated carbocycles. The highest BCUT2D eigenvalue weighted by Gasteiger charge is 2.30. The second-order valence-corrected chi connectivity index (χ2v) is 9.15. The van der Waals surface area contributed by atoms with E-state index in [0.717, 1.165) is 11.4 Å². The number of carbonyl (C=O) groups excluding carboxylic acids is 2. The molecule has 0 atom stereocenters. The largest absolute Gasteiger partial charge is 0.353 e. The zero-order valence-corrected chi connectivity index (χ0v) is 19.7. The Bertz CT molecular complexity index is 1200. The number of likely N-dealkylation sites (N-methyl/N-ethyl adjacent to an activating group) is 1. The Morgan fingerprint density at radius 1 is 1.03 bits per heavy atom. The summed E-state index contributed by atoms with van der Waals surface area (Å²) in [5.41, 5.74) is 2.22. The first-order valence-electron chi connectivity index (χ1n) is 11.1. The first-order valence-corrected chi connectivity index (χ1v) is 11.9. The van der Waals surface area contributed by atoms with Crippen LogP contribution in [-0.4, -0.2) is 43.4 Å². The van der Waals surface area contributed by atoms with E-state index in [2.05, 4.69) is 22.3 Å². The van der Waals surface area contributed by atoms with Crippen molar-refractivity contribution < 1.29 is 14.0 Å². The van der Waals surface area contributed by atoms with Crippen LogP contribution in [0.2, 0.25) is 0 Å². The summed E-state index contributed by atoms with van der Waals surface area (Å²) in [6, 6.07) is 23.9. The molecule has 34 heavy (non-hydrogen) atoms. The Morgan fingerprint density at radius 3 is 2.53 bits per heavy atom. The number of thioether (sulfide) groups is 1. The average Bonchev–Trinajstić information content (AvgIpc) is 2.83. The summed E-state index contributed by atoms with van der Waals surface area (Å²) >= 11 is 1.29. The van der Waals surface area contributed by atoms with Gasteiger partial charge in [-0.3, -0.25) is 14.5 Å². The van der Waals surface area contributed by atoms with Crippen LogP contribution in [0.25, 0.3) is 6.08 Å². The van der Waals surface area contributed by atoms with Gasteiger partial charge in [-0.05, 0) is 36.9 Å². The van der Waals surface area contributed by atoms with Gasteiger partial charge in [0.2, 0.25) is 5.91 Å². The fraction of sp³-hybridized carbons (Fsp3) is 0.185. The zero-order valence-electron chi connectivity index (χ0n) is 18.9. The van der Waals surface area contributed by atoms with Crippen molar-refractivity contribution in [1.29, 1.82) is 0 Å². The number of nitrogens with one attached hydrogen (secondary N) is 1. The molecule has 4 rings (SSSR count). The molecule has 0 unspecified atom stereocenters. The van der Waals surface area contributed by atoms with Crippen molar-refractivity contribution in [3.05, 3.63) is 101 Å². The van der Waals surface area contributed by atoms with Gasteiger partial charge in [0.1, 0.15) is 12.4 Å². The minimum absolute atomic E-state index is 0.104. The fourth-order valence-corrected chi connectivity index (χ4v) is 4.76. The molecule has 1 N–H and O–H groups in total. The van der Waals surface area contributed by atoms with Crippen LogP contribution >= 0.6 is 11.8 Å². The molecule has 7 heteroatoms. The number of amides is 2. The molecule has 0 saturated heterocycles. The van der Waals surface area contributed by atoms with Crippen LogP contribution in [-0.2, 0) is 16.1 Å². The summed E-state index contributed by atoms with van der Waals surface area (Å²) < 4.78 is 14.2. The van der Waals surface area contributed by atoms with Crippen molar-refractivity contribution in [2.24, 2.45) is 0 Å². The summed E-state index contributed by atoms with van der Waals surface area (Å²) in [4.78, 5) is 30.8. The minimum atomic E-state index is -0.397. The first-order chi connectivity index (χ1) is 16.5. The topological polar surface area (TPSA) is 52.7 Å². The van der Waals surface area contributed by atoms with Crippen molar-refractivity contribution in [1.82, 2.24) is 10.2 Å². The van der Waals surface area contributed by atoms with Crippen LogP contribution in [0.5, 0.6) is 0 Å². The van der Waals surface area contributed by atoms with E-state index < -0.39 is 5.82 Å². The van der Waals surface area contributed by atoms with Gasteiger partial charge < -0.3 is 10.2 Å². The number of halogens is 1. The summed E-state index contributed by atoms with van der Waals surface area (Å²) in [5, 5.41) is 2.91. The van der Waals surface area contributed by atoms with Crippen LogP contribution in [0.4, 0.5) is 10.1 Å². The first kappa shape index (κ1) is 23.7. The van der Waals surface area contributed by atoms with Gasteiger partial charge >= 0.3 is 0 Å². The molecule has 3 aromatic carbocycles. The van der Waals surface area contributed by atoms with E-state index >= 15 is 0 Å². The Labute approximate surface area is 203 Å². The molecule has 1 heterocycles. The highest BCUT2D eigenvalue weighted by atomic mass is 32.2. The van der Waals surface area contributed by atoms with Gasteiger partial charge in [-0.1, -0.05) is 72.4 Å². The second kappa shape index (κ2) is 11.1. The van der Waals surface area contributed by atoms with Crippen molar-refractivity contribution in [2.45, 2.75) is 11.4 Å². The van der Waals surface area contributed by atoms with Crippen LogP contribution in [0.15, 0.2) is 88.7 Å². The molecule has 0 fully saturated rings. The second-order valence-electron chi connectivity index (χ2n) is 8.06. The van der Waals surface area contributed by atoms with Crippen molar-refractivity contribution in [2.75, 3.05) is 31.6 Å². The lowest BCUT2D eigenvalue weighted by Gasteiger charge is -2.30. The lowest BCUT2D eigenvalue weighted by atomic mass is 10.2. The maximum atomic E-state index is 14.2. The molecule has 1 aliphatic rings. The number of rotatable bonds is 8. The van der Waals surface area contributed by atoms with E-state index in [1.165, 1.54) is 28.3 Å². The highest BCUT2D eigenvalue weighted by Crippen LogP contribution is 2.42. The Hall–Kier alpha value is -3.42. The maximum Gasteiger partial charge on any atom is 0.265 e. The number of carbonyl (C=O) groups is 2. The third-order valence-electron chi connectivity index (χ3n) is 5.44. The van der Waals surface area contributed by atoms with E-state index in [4.69, 9.17) is 0 Å². The predicted octanol–water partition coefficient (Wildman–Crippen LogP) is 4.55. The van der Waals surface area contributed by atoms with E-state index in [1.807, 2.05) is 49.5 Å². The van der Waals surface area contributed by atoms with E-state index in [9.17, 15) is 14.0 Å². The van der Waals surface area contributed by atoms with Gasteiger partial charge in [0, 0.05) is 30.1 Å². The molecule has 174 valence electrons. The Balaban J connectivity index is 1.41. The van der Waals surface area contributed by atoms with Crippen molar-refractivity contribution in [3.8, 4) is 0 Å². The number of anilines is 1. The van der Waals surface area contributed by atoms with Gasteiger partial charge in [-0.2, -0.15) is 0 Å². The van der Waals surface area contributed by atoms with Crippen LogP contribution < -0.4 is 10.2 Å². The van der Waals surface area contributed by atoms with E-state index in [-0.39, 0.29) is 18.4 Å². The molecule has 0 aliphatic carbocycles. The summed E-state index contributed by atoms with van der Waals surface area (Å²) in [6.45, 7) is 1.83. The Kier molecular flexibility index (Phi) is 7.77. The standard InChI is InChI=1S/C27H26FN3O2S/c1-30(18-20-9-3-2-4-10-20)16-15-29-26(32)19-31-23-13-7-8-14-24(23)34-25(27(31)33)17-21-11-5-6-12-22(21)28/h2-14,17H,15-16,18-19H2,1H3,(H,29,32)/b25-17-. The highest BCUT2D eigenvalue weighted by molar-refractivity contribution is 8.04.